The summed E-state index contributed by atoms with van der Waals surface area (Å²) in [6, 6.07) is 9.77. The standard InChI is InChI=1S/C16H14O5S/c1-10(17)13-7-8-14(22-13)16(19)21-9-11-3-5-12(6-4-11)15(18)20-2/h3-8H,9H2,1-2H3. The molecule has 0 N–H and O–H groups in total. The number of methoxy groups -OCH3 is 1. The molecule has 0 fully saturated rings. The Morgan fingerprint density at radius 3 is 2.14 bits per heavy atom. The highest BCUT2D eigenvalue weighted by Gasteiger charge is 2.13. The van der Waals surface area contributed by atoms with E-state index >= 15 is 0 Å². The van der Waals surface area contributed by atoms with Crippen LogP contribution in [0.5, 0.6) is 0 Å². The highest BCUT2D eigenvalue weighted by Crippen LogP contribution is 2.18. The molecule has 0 saturated heterocycles. The Hall–Kier alpha value is -2.47. The van der Waals surface area contributed by atoms with Gasteiger partial charge in [0.1, 0.15) is 11.5 Å². The van der Waals surface area contributed by atoms with Gasteiger partial charge in [0, 0.05) is 0 Å². The van der Waals surface area contributed by atoms with Gasteiger partial charge in [0.05, 0.1) is 17.6 Å². The van der Waals surface area contributed by atoms with Gasteiger partial charge in [-0.1, -0.05) is 12.1 Å². The Morgan fingerprint density at radius 2 is 1.59 bits per heavy atom. The van der Waals surface area contributed by atoms with Crippen LogP contribution in [0.1, 0.15) is 42.2 Å². The molecular weight excluding hydrogens is 304 g/mol. The molecular formula is C16H14O5S. The number of carbonyl (C=O) groups is 3. The summed E-state index contributed by atoms with van der Waals surface area (Å²) >= 11 is 1.11. The maximum absolute atomic E-state index is 11.9. The predicted octanol–water partition coefficient (Wildman–Crippen LogP) is 3.09. The Labute approximate surface area is 131 Å². The fourth-order valence-corrected chi connectivity index (χ4v) is 2.51. The summed E-state index contributed by atoms with van der Waals surface area (Å²) in [6.45, 7) is 1.54. The molecule has 2 rings (SSSR count). The third kappa shape index (κ3) is 3.79. The number of rotatable bonds is 5. The fourth-order valence-electron chi connectivity index (χ4n) is 1.71. The van der Waals surface area contributed by atoms with Gasteiger partial charge >= 0.3 is 11.9 Å². The maximum atomic E-state index is 11.9. The second kappa shape index (κ2) is 7.00. The highest BCUT2D eigenvalue weighted by molar-refractivity contribution is 7.15. The Balaban J connectivity index is 1.95. The second-order valence-corrected chi connectivity index (χ2v) is 5.57. The normalized spacial score (nSPS) is 10.1. The minimum absolute atomic E-state index is 0.0811. The van der Waals surface area contributed by atoms with Gasteiger partial charge in [0.2, 0.25) is 0 Å². The van der Waals surface area contributed by atoms with Gasteiger partial charge in [-0.3, -0.25) is 4.79 Å². The number of esters is 2. The van der Waals surface area contributed by atoms with Crippen molar-refractivity contribution in [1.29, 1.82) is 0 Å². The molecule has 0 bridgehead atoms. The number of hydrogen-bond acceptors (Lipinski definition) is 6. The second-order valence-electron chi connectivity index (χ2n) is 4.48. The van der Waals surface area contributed by atoms with Crippen LogP contribution >= 0.6 is 11.3 Å². The van der Waals surface area contributed by atoms with E-state index in [-0.39, 0.29) is 12.4 Å². The quantitative estimate of drug-likeness (QED) is 0.626. The van der Waals surface area contributed by atoms with E-state index in [0.717, 1.165) is 16.9 Å². The molecule has 1 heterocycles. The van der Waals surface area contributed by atoms with E-state index in [1.807, 2.05) is 0 Å². The average Bonchev–Trinajstić information content (AvgIpc) is 3.02. The molecule has 5 nitrogen and oxygen atoms in total. The minimum atomic E-state index is -0.477. The molecule has 0 amide bonds. The SMILES string of the molecule is COC(=O)c1ccc(COC(=O)c2ccc(C(C)=O)s2)cc1. The highest BCUT2D eigenvalue weighted by atomic mass is 32.1. The van der Waals surface area contributed by atoms with Crippen molar-refractivity contribution in [3.8, 4) is 0 Å². The summed E-state index contributed by atoms with van der Waals surface area (Å²) in [5, 5.41) is 0. The van der Waals surface area contributed by atoms with Crippen LogP contribution in [-0.2, 0) is 16.1 Å². The molecule has 0 aliphatic rings. The van der Waals surface area contributed by atoms with Crippen LogP contribution in [0.25, 0.3) is 0 Å². The lowest BCUT2D eigenvalue weighted by molar-refractivity contribution is 0.0477. The molecule has 22 heavy (non-hydrogen) atoms. The molecule has 6 heteroatoms. The van der Waals surface area contributed by atoms with Crippen LogP contribution in [0, 0.1) is 0 Å². The summed E-state index contributed by atoms with van der Waals surface area (Å²) < 4.78 is 9.78. The van der Waals surface area contributed by atoms with Crippen LogP contribution in [0.2, 0.25) is 0 Å². The van der Waals surface area contributed by atoms with Crippen molar-refractivity contribution in [1.82, 2.24) is 0 Å². The lowest BCUT2D eigenvalue weighted by Crippen LogP contribution is -2.04. The van der Waals surface area contributed by atoms with Crippen LogP contribution < -0.4 is 0 Å². The van der Waals surface area contributed by atoms with Gasteiger partial charge in [-0.15, -0.1) is 11.3 Å². The van der Waals surface area contributed by atoms with Gasteiger partial charge in [-0.05, 0) is 36.8 Å². The van der Waals surface area contributed by atoms with E-state index in [0.29, 0.717) is 15.3 Å². The fraction of sp³-hybridized carbons (Fsp3) is 0.188. The monoisotopic (exact) mass is 318 g/mol. The third-order valence-corrected chi connectivity index (χ3v) is 4.07. The summed E-state index contributed by atoms with van der Waals surface area (Å²) in [6.07, 6.45) is 0. The first-order chi connectivity index (χ1) is 10.5. The van der Waals surface area contributed by atoms with Crippen LogP contribution in [0.3, 0.4) is 0 Å². The molecule has 1 aromatic heterocycles. The Bertz CT molecular complexity index is 700. The van der Waals surface area contributed by atoms with Gasteiger partial charge in [0.25, 0.3) is 0 Å². The number of ether oxygens (including phenoxy) is 2. The molecule has 0 spiro atoms. The maximum Gasteiger partial charge on any atom is 0.348 e. The molecule has 114 valence electrons. The first-order valence-electron chi connectivity index (χ1n) is 6.46. The topological polar surface area (TPSA) is 69.7 Å². The molecule has 0 aliphatic heterocycles. The van der Waals surface area contributed by atoms with Crippen molar-refractivity contribution in [2.75, 3.05) is 7.11 Å². The number of thiophene rings is 1. The number of benzene rings is 1. The molecule has 0 unspecified atom stereocenters. The van der Waals surface area contributed by atoms with E-state index in [1.165, 1.54) is 14.0 Å². The van der Waals surface area contributed by atoms with Crippen LogP contribution in [-0.4, -0.2) is 24.8 Å². The van der Waals surface area contributed by atoms with Gasteiger partial charge in [-0.25, -0.2) is 9.59 Å². The zero-order valence-corrected chi connectivity index (χ0v) is 12.9. The van der Waals surface area contributed by atoms with Crippen molar-refractivity contribution >= 4 is 29.1 Å². The summed E-state index contributed by atoms with van der Waals surface area (Å²) in [5.41, 5.74) is 1.19. The lowest BCUT2D eigenvalue weighted by atomic mass is 10.1. The minimum Gasteiger partial charge on any atom is -0.465 e. The van der Waals surface area contributed by atoms with Crippen molar-refractivity contribution in [2.45, 2.75) is 13.5 Å². The summed E-state index contributed by atoms with van der Waals surface area (Å²) in [4.78, 5) is 35.3. The molecule has 2 aromatic rings. The average molecular weight is 318 g/mol. The van der Waals surface area contributed by atoms with Gasteiger partial charge < -0.3 is 9.47 Å². The number of Topliss-reactive ketones (excluding diaryl/α,β-unsaturated/α-hetero) is 1. The first kappa shape index (κ1) is 15.9. The first-order valence-corrected chi connectivity index (χ1v) is 7.28. The van der Waals surface area contributed by atoms with Gasteiger partial charge in [0.15, 0.2) is 5.78 Å². The molecule has 1 aromatic carbocycles. The number of hydrogen-bond donors (Lipinski definition) is 0. The molecule has 0 atom stereocenters. The van der Waals surface area contributed by atoms with Gasteiger partial charge in [-0.2, -0.15) is 0 Å². The van der Waals surface area contributed by atoms with Crippen molar-refractivity contribution in [3.63, 3.8) is 0 Å². The molecule has 0 radical (unpaired) electrons. The Morgan fingerprint density at radius 1 is 0.955 bits per heavy atom. The molecule has 0 saturated carbocycles. The van der Waals surface area contributed by atoms with E-state index in [2.05, 4.69) is 4.74 Å². The van der Waals surface area contributed by atoms with Crippen LogP contribution in [0.15, 0.2) is 36.4 Å². The predicted molar refractivity (Wildman–Crippen MR) is 81.2 cm³/mol. The smallest absolute Gasteiger partial charge is 0.348 e. The van der Waals surface area contributed by atoms with E-state index in [1.54, 1.807) is 36.4 Å². The zero-order chi connectivity index (χ0) is 16.1. The number of ketones is 1. The number of carbonyl (C=O) groups excluding carboxylic acids is 3. The lowest BCUT2D eigenvalue weighted by Gasteiger charge is -2.04. The summed E-state index contributed by atoms with van der Waals surface area (Å²) in [7, 11) is 1.31. The largest absolute Gasteiger partial charge is 0.465 e. The van der Waals surface area contributed by atoms with E-state index in [9.17, 15) is 14.4 Å². The zero-order valence-electron chi connectivity index (χ0n) is 12.1. The van der Waals surface area contributed by atoms with Crippen molar-refractivity contribution in [3.05, 3.63) is 57.3 Å². The Kier molecular flexibility index (Phi) is 5.06. The van der Waals surface area contributed by atoms with Crippen LogP contribution in [0.4, 0.5) is 0 Å². The van der Waals surface area contributed by atoms with Crippen molar-refractivity contribution < 1.29 is 23.9 Å². The van der Waals surface area contributed by atoms with E-state index < -0.39 is 11.9 Å². The molecule has 0 aliphatic carbocycles. The van der Waals surface area contributed by atoms with Crippen molar-refractivity contribution in [2.24, 2.45) is 0 Å². The van der Waals surface area contributed by atoms with E-state index in [4.69, 9.17) is 4.74 Å². The summed E-state index contributed by atoms with van der Waals surface area (Å²) in [5.74, 6) is -0.976. The third-order valence-electron chi connectivity index (χ3n) is 2.90.